The molecular formula is C15H32N2O. The number of nitrogens with one attached hydrogen (secondary N) is 1. The van der Waals surface area contributed by atoms with E-state index in [1.807, 2.05) is 0 Å². The van der Waals surface area contributed by atoms with Crippen LogP contribution in [0.5, 0.6) is 0 Å². The summed E-state index contributed by atoms with van der Waals surface area (Å²) < 4.78 is 5.23. The Bertz CT molecular complexity index is 203. The van der Waals surface area contributed by atoms with Crippen molar-refractivity contribution in [3.05, 3.63) is 0 Å². The summed E-state index contributed by atoms with van der Waals surface area (Å²) in [4.78, 5) is 2.59. The Labute approximate surface area is 113 Å². The zero-order chi connectivity index (χ0) is 13.4. The van der Waals surface area contributed by atoms with E-state index in [1.54, 1.807) is 7.11 Å². The van der Waals surface area contributed by atoms with Crippen LogP contribution in [0.2, 0.25) is 0 Å². The highest BCUT2D eigenvalue weighted by Gasteiger charge is 2.31. The summed E-state index contributed by atoms with van der Waals surface area (Å²) >= 11 is 0. The Morgan fingerprint density at radius 3 is 2.39 bits per heavy atom. The lowest BCUT2D eigenvalue weighted by molar-refractivity contribution is 0.116. The second kappa shape index (κ2) is 8.89. The Morgan fingerprint density at radius 1 is 1.22 bits per heavy atom. The molecule has 3 heteroatoms. The van der Waals surface area contributed by atoms with E-state index >= 15 is 0 Å². The molecule has 0 heterocycles. The molecule has 0 bridgehead atoms. The molecule has 0 spiro atoms. The molecule has 1 rings (SSSR count). The van der Waals surface area contributed by atoms with Gasteiger partial charge in [-0.1, -0.05) is 13.8 Å². The van der Waals surface area contributed by atoms with Crippen molar-refractivity contribution in [2.45, 2.75) is 58.5 Å². The van der Waals surface area contributed by atoms with Crippen LogP contribution in [0.15, 0.2) is 0 Å². The molecule has 1 atom stereocenters. The van der Waals surface area contributed by atoms with Gasteiger partial charge < -0.3 is 10.1 Å². The van der Waals surface area contributed by atoms with Crippen molar-refractivity contribution in [3.63, 3.8) is 0 Å². The molecule has 0 aliphatic heterocycles. The molecule has 108 valence electrons. The van der Waals surface area contributed by atoms with Crippen LogP contribution in [-0.2, 0) is 4.74 Å². The van der Waals surface area contributed by atoms with Gasteiger partial charge in [-0.2, -0.15) is 0 Å². The van der Waals surface area contributed by atoms with E-state index in [2.05, 4.69) is 31.0 Å². The fourth-order valence-corrected chi connectivity index (χ4v) is 2.59. The van der Waals surface area contributed by atoms with Crippen molar-refractivity contribution < 1.29 is 4.74 Å². The van der Waals surface area contributed by atoms with E-state index < -0.39 is 0 Å². The fraction of sp³-hybridized carbons (Fsp3) is 1.00. The third-order valence-corrected chi connectivity index (χ3v) is 4.28. The summed E-state index contributed by atoms with van der Waals surface area (Å²) in [6, 6.07) is 1.41. The monoisotopic (exact) mass is 256 g/mol. The van der Waals surface area contributed by atoms with Gasteiger partial charge in [0.15, 0.2) is 0 Å². The highest BCUT2D eigenvalue weighted by Crippen LogP contribution is 2.34. The highest BCUT2D eigenvalue weighted by molar-refractivity contribution is 4.85. The molecule has 1 fully saturated rings. The molecule has 0 aromatic carbocycles. The van der Waals surface area contributed by atoms with E-state index in [0.29, 0.717) is 6.04 Å². The molecular weight excluding hydrogens is 224 g/mol. The zero-order valence-corrected chi connectivity index (χ0v) is 12.7. The number of hydrogen-bond donors (Lipinski definition) is 1. The van der Waals surface area contributed by atoms with Gasteiger partial charge in [0.25, 0.3) is 0 Å². The quantitative estimate of drug-likeness (QED) is 0.615. The Kier molecular flexibility index (Phi) is 7.87. The molecule has 1 aliphatic carbocycles. The predicted octanol–water partition coefficient (Wildman–Crippen LogP) is 2.51. The summed E-state index contributed by atoms with van der Waals surface area (Å²) in [5.74, 6) is 0.940. The van der Waals surface area contributed by atoms with Gasteiger partial charge in [-0.15, -0.1) is 0 Å². The summed E-state index contributed by atoms with van der Waals surface area (Å²) in [5, 5.41) is 3.66. The van der Waals surface area contributed by atoms with Crippen LogP contribution in [0.4, 0.5) is 0 Å². The standard InChI is InChI=1S/C15H32N2O/c1-5-15(6-2)16-9-10-17(11-12-18-4)13(3)14-7-8-14/h13-16H,5-12H2,1-4H3. The Morgan fingerprint density at radius 2 is 1.89 bits per heavy atom. The molecule has 1 unspecified atom stereocenters. The third kappa shape index (κ3) is 5.68. The zero-order valence-electron chi connectivity index (χ0n) is 12.7. The minimum Gasteiger partial charge on any atom is -0.383 e. The van der Waals surface area contributed by atoms with E-state index in [-0.39, 0.29) is 0 Å². The number of ether oxygens (including phenoxy) is 1. The molecule has 0 saturated heterocycles. The van der Waals surface area contributed by atoms with Gasteiger partial charge in [0.1, 0.15) is 0 Å². The van der Waals surface area contributed by atoms with Crippen LogP contribution in [0.25, 0.3) is 0 Å². The smallest absolute Gasteiger partial charge is 0.0589 e. The molecule has 0 amide bonds. The maximum absolute atomic E-state index is 5.23. The van der Waals surface area contributed by atoms with Crippen molar-refractivity contribution in [1.29, 1.82) is 0 Å². The lowest BCUT2D eigenvalue weighted by atomic mass is 10.1. The fourth-order valence-electron chi connectivity index (χ4n) is 2.59. The van der Waals surface area contributed by atoms with Crippen LogP contribution >= 0.6 is 0 Å². The Balaban J connectivity index is 2.26. The second-order valence-corrected chi connectivity index (χ2v) is 5.57. The minimum atomic E-state index is 0.686. The van der Waals surface area contributed by atoms with Gasteiger partial charge in [-0.05, 0) is 38.5 Å². The van der Waals surface area contributed by atoms with E-state index in [1.165, 1.54) is 25.7 Å². The van der Waals surface area contributed by atoms with Crippen LogP contribution < -0.4 is 5.32 Å². The normalized spacial score (nSPS) is 17.7. The van der Waals surface area contributed by atoms with Crippen LogP contribution in [-0.4, -0.2) is 50.3 Å². The minimum absolute atomic E-state index is 0.686. The van der Waals surface area contributed by atoms with Gasteiger partial charge >= 0.3 is 0 Å². The summed E-state index contributed by atoms with van der Waals surface area (Å²) in [5.41, 5.74) is 0. The van der Waals surface area contributed by atoms with Gasteiger partial charge in [0.2, 0.25) is 0 Å². The maximum atomic E-state index is 5.23. The lowest BCUT2D eigenvalue weighted by Crippen LogP contribution is -2.43. The van der Waals surface area contributed by atoms with E-state index in [0.717, 1.165) is 38.2 Å². The second-order valence-electron chi connectivity index (χ2n) is 5.57. The van der Waals surface area contributed by atoms with Crippen LogP contribution in [0.1, 0.15) is 46.5 Å². The summed E-state index contributed by atoms with van der Waals surface area (Å²) in [7, 11) is 1.79. The SMILES string of the molecule is CCC(CC)NCCN(CCOC)C(C)C1CC1. The molecule has 0 aromatic rings. The van der Waals surface area contributed by atoms with Crippen molar-refractivity contribution in [2.24, 2.45) is 5.92 Å². The Hall–Kier alpha value is -0.120. The third-order valence-electron chi connectivity index (χ3n) is 4.28. The van der Waals surface area contributed by atoms with Crippen molar-refractivity contribution >= 4 is 0 Å². The van der Waals surface area contributed by atoms with Crippen molar-refractivity contribution in [2.75, 3.05) is 33.4 Å². The molecule has 18 heavy (non-hydrogen) atoms. The molecule has 1 saturated carbocycles. The molecule has 0 aromatic heterocycles. The lowest BCUT2D eigenvalue weighted by Gasteiger charge is -2.29. The number of rotatable bonds is 11. The van der Waals surface area contributed by atoms with Crippen LogP contribution in [0, 0.1) is 5.92 Å². The van der Waals surface area contributed by atoms with Crippen molar-refractivity contribution in [1.82, 2.24) is 10.2 Å². The predicted molar refractivity (Wildman–Crippen MR) is 78.0 cm³/mol. The number of methoxy groups -OCH3 is 1. The number of hydrogen-bond acceptors (Lipinski definition) is 3. The van der Waals surface area contributed by atoms with Gasteiger partial charge in [0.05, 0.1) is 6.61 Å². The van der Waals surface area contributed by atoms with Gasteiger partial charge in [-0.3, -0.25) is 4.90 Å². The number of nitrogens with zero attached hydrogens (tertiary/aromatic N) is 1. The summed E-state index contributed by atoms with van der Waals surface area (Å²) in [6.07, 6.45) is 5.30. The first-order valence-electron chi connectivity index (χ1n) is 7.69. The van der Waals surface area contributed by atoms with Gasteiger partial charge in [-0.25, -0.2) is 0 Å². The molecule has 3 nitrogen and oxygen atoms in total. The molecule has 1 aliphatic rings. The first-order valence-corrected chi connectivity index (χ1v) is 7.69. The summed E-state index contributed by atoms with van der Waals surface area (Å²) in [6.45, 7) is 11.1. The van der Waals surface area contributed by atoms with Crippen molar-refractivity contribution in [3.8, 4) is 0 Å². The average molecular weight is 256 g/mol. The largest absolute Gasteiger partial charge is 0.383 e. The van der Waals surface area contributed by atoms with Crippen LogP contribution in [0.3, 0.4) is 0 Å². The highest BCUT2D eigenvalue weighted by atomic mass is 16.5. The first kappa shape index (κ1) is 15.9. The topological polar surface area (TPSA) is 24.5 Å². The van der Waals surface area contributed by atoms with E-state index in [9.17, 15) is 0 Å². The average Bonchev–Trinajstić information content (AvgIpc) is 3.22. The molecule has 1 N–H and O–H groups in total. The maximum Gasteiger partial charge on any atom is 0.0589 e. The van der Waals surface area contributed by atoms with E-state index in [4.69, 9.17) is 4.74 Å². The molecule has 0 radical (unpaired) electrons. The first-order chi connectivity index (χ1) is 8.72. The van der Waals surface area contributed by atoms with Gasteiger partial charge in [0, 0.05) is 38.8 Å².